The van der Waals surface area contributed by atoms with Gasteiger partial charge in [0.1, 0.15) is 0 Å². The summed E-state index contributed by atoms with van der Waals surface area (Å²) >= 11 is 0. The molecule has 0 saturated heterocycles. The highest BCUT2D eigenvalue weighted by molar-refractivity contribution is 7.92. The van der Waals surface area contributed by atoms with Crippen molar-refractivity contribution < 1.29 is 8.42 Å². The van der Waals surface area contributed by atoms with E-state index in [2.05, 4.69) is 19.9 Å². The smallest absolute Gasteiger partial charge is 0.278 e. The number of nitrogens with one attached hydrogen (secondary N) is 2. The minimum absolute atomic E-state index is 0.0271. The maximum atomic E-state index is 11.7. The van der Waals surface area contributed by atoms with E-state index >= 15 is 0 Å². The molecule has 0 radical (unpaired) electrons. The average Bonchev–Trinajstić information content (AvgIpc) is 2.71. The van der Waals surface area contributed by atoms with Gasteiger partial charge in [-0.05, 0) is 18.2 Å². The van der Waals surface area contributed by atoms with Gasteiger partial charge in [-0.3, -0.25) is 14.8 Å². The molecule has 0 atom stereocenters. The van der Waals surface area contributed by atoms with Crippen LogP contribution in [0, 0.1) is 0 Å². The molecule has 0 aliphatic rings. The second-order valence-electron chi connectivity index (χ2n) is 2.76. The molecule has 0 unspecified atom stereocenters. The summed E-state index contributed by atoms with van der Waals surface area (Å²) in [5.41, 5.74) is 0.458. The summed E-state index contributed by atoms with van der Waals surface area (Å²) in [6, 6.07) is 4.51. The Morgan fingerprint density at radius 1 is 1.13 bits per heavy atom. The van der Waals surface area contributed by atoms with Gasteiger partial charge in [-0.1, -0.05) is 0 Å². The molecule has 6 nitrogen and oxygen atoms in total. The highest BCUT2D eigenvalue weighted by Gasteiger charge is 2.14. The third-order valence-electron chi connectivity index (χ3n) is 1.70. The normalized spacial score (nSPS) is 11.2. The Kier molecular flexibility index (Phi) is 2.38. The van der Waals surface area contributed by atoms with Gasteiger partial charge in [0.05, 0.1) is 11.9 Å². The van der Waals surface area contributed by atoms with Gasteiger partial charge in [0.2, 0.25) is 0 Å². The predicted octanol–water partition coefficient (Wildman–Crippen LogP) is 0.605. The zero-order valence-corrected chi connectivity index (χ0v) is 8.40. The van der Waals surface area contributed by atoms with E-state index in [4.69, 9.17) is 0 Å². The molecular weight excluding hydrogens is 216 g/mol. The molecule has 2 aromatic rings. The van der Waals surface area contributed by atoms with Crippen LogP contribution in [0.2, 0.25) is 0 Å². The van der Waals surface area contributed by atoms with Gasteiger partial charge in [0.25, 0.3) is 10.0 Å². The maximum Gasteiger partial charge on any atom is 0.278 e. The molecule has 2 aromatic heterocycles. The Hall–Kier alpha value is -1.89. The quantitative estimate of drug-likeness (QED) is 0.799. The van der Waals surface area contributed by atoms with Crippen LogP contribution in [0.5, 0.6) is 0 Å². The van der Waals surface area contributed by atoms with Crippen LogP contribution < -0.4 is 4.72 Å². The molecule has 0 spiro atoms. The van der Waals surface area contributed by atoms with E-state index in [1.165, 1.54) is 24.7 Å². The largest absolute Gasteiger partial charge is 0.278 e. The van der Waals surface area contributed by atoms with Crippen LogP contribution in [0.4, 0.5) is 5.69 Å². The fraction of sp³-hybridized carbons (Fsp3) is 0. The summed E-state index contributed by atoms with van der Waals surface area (Å²) in [6.07, 6.45) is 4.39. The van der Waals surface area contributed by atoms with Crippen molar-refractivity contribution >= 4 is 15.7 Å². The third kappa shape index (κ3) is 2.13. The van der Waals surface area contributed by atoms with Crippen molar-refractivity contribution in [1.82, 2.24) is 15.2 Å². The molecule has 2 rings (SSSR count). The minimum Gasteiger partial charge on any atom is -0.278 e. The zero-order chi connectivity index (χ0) is 10.7. The van der Waals surface area contributed by atoms with Crippen molar-refractivity contribution in [2.24, 2.45) is 0 Å². The Balaban J connectivity index is 2.27. The summed E-state index contributed by atoms with van der Waals surface area (Å²) in [6.45, 7) is 0. The van der Waals surface area contributed by atoms with Crippen LogP contribution in [-0.4, -0.2) is 23.6 Å². The number of pyridine rings is 1. The van der Waals surface area contributed by atoms with Gasteiger partial charge in [0, 0.05) is 12.4 Å². The van der Waals surface area contributed by atoms with Crippen LogP contribution in [-0.2, 0) is 10.0 Å². The first kappa shape index (κ1) is 9.66. The minimum atomic E-state index is -3.57. The van der Waals surface area contributed by atoms with Crippen LogP contribution in [0.25, 0.3) is 0 Å². The number of hydrogen-bond acceptors (Lipinski definition) is 4. The lowest BCUT2D eigenvalue weighted by Gasteiger charge is -2.04. The molecule has 0 bridgehead atoms. The summed E-state index contributed by atoms with van der Waals surface area (Å²) < 4.78 is 25.7. The van der Waals surface area contributed by atoms with E-state index in [9.17, 15) is 8.42 Å². The van der Waals surface area contributed by atoms with Gasteiger partial charge in [-0.15, -0.1) is 0 Å². The third-order valence-corrected chi connectivity index (χ3v) is 3.01. The first-order valence-electron chi connectivity index (χ1n) is 4.11. The standard InChI is InChI=1S/C8H8N4O2S/c13-15(14,8-3-6-10-11-8)12-7-1-4-9-5-2-7/h1-6H,(H,9,12)(H,10,11). The topological polar surface area (TPSA) is 87.7 Å². The Labute approximate surface area is 86.4 Å². The van der Waals surface area contributed by atoms with E-state index in [0.29, 0.717) is 5.69 Å². The molecule has 0 aliphatic carbocycles. The Morgan fingerprint density at radius 2 is 1.87 bits per heavy atom. The number of hydrogen-bond donors (Lipinski definition) is 2. The van der Waals surface area contributed by atoms with E-state index in [-0.39, 0.29) is 5.03 Å². The van der Waals surface area contributed by atoms with Crippen LogP contribution in [0.15, 0.2) is 41.8 Å². The molecule has 15 heavy (non-hydrogen) atoms. The molecule has 7 heteroatoms. The first-order chi connectivity index (χ1) is 7.18. The lowest BCUT2D eigenvalue weighted by atomic mass is 10.4. The molecule has 0 aromatic carbocycles. The summed E-state index contributed by atoms with van der Waals surface area (Å²) in [5.74, 6) is 0. The van der Waals surface area contributed by atoms with Gasteiger partial charge in [-0.2, -0.15) is 13.5 Å². The number of sulfonamides is 1. The van der Waals surface area contributed by atoms with E-state index in [0.717, 1.165) is 0 Å². The lowest BCUT2D eigenvalue weighted by molar-refractivity contribution is 0.597. The predicted molar refractivity (Wildman–Crippen MR) is 53.6 cm³/mol. The van der Waals surface area contributed by atoms with Crippen molar-refractivity contribution in [3.8, 4) is 0 Å². The molecular formula is C8H8N4O2S. The number of rotatable bonds is 3. The van der Waals surface area contributed by atoms with Crippen molar-refractivity contribution in [1.29, 1.82) is 0 Å². The Bertz CT molecular complexity index is 521. The first-order valence-corrected chi connectivity index (χ1v) is 5.59. The van der Waals surface area contributed by atoms with Crippen molar-refractivity contribution in [3.63, 3.8) is 0 Å². The van der Waals surface area contributed by atoms with Crippen molar-refractivity contribution in [3.05, 3.63) is 36.8 Å². The van der Waals surface area contributed by atoms with Crippen LogP contribution >= 0.6 is 0 Å². The second-order valence-corrected chi connectivity index (χ2v) is 4.41. The molecule has 78 valence electrons. The van der Waals surface area contributed by atoms with Gasteiger partial charge in [0.15, 0.2) is 5.03 Å². The van der Waals surface area contributed by atoms with Gasteiger partial charge in [-0.25, -0.2) is 0 Å². The lowest BCUT2D eigenvalue weighted by Crippen LogP contribution is -2.13. The summed E-state index contributed by atoms with van der Waals surface area (Å²) in [4.78, 5) is 3.78. The van der Waals surface area contributed by atoms with Gasteiger partial charge < -0.3 is 0 Å². The van der Waals surface area contributed by atoms with Gasteiger partial charge >= 0.3 is 0 Å². The highest BCUT2D eigenvalue weighted by atomic mass is 32.2. The fourth-order valence-electron chi connectivity index (χ4n) is 1.02. The number of aromatic nitrogens is 3. The van der Waals surface area contributed by atoms with E-state index in [1.54, 1.807) is 12.1 Å². The molecule has 2 heterocycles. The van der Waals surface area contributed by atoms with E-state index in [1.807, 2.05) is 0 Å². The number of nitrogens with zero attached hydrogens (tertiary/aromatic N) is 2. The molecule has 0 amide bonds. The zero-order valence-electron chi connectivity index (χ0n) is 7.58. The SMILES string of the molecule is O=S(=O)(Nc1ccncc1)c1ccn[nH]1. The highest BCUT2D eigenvalue weighted by Crippen LogP contribution is 2.11. The molecule has 0 fully saturated rings. The average molecular weight is 224 g/mol. The van der Waals surface area contributed by atoms with Crippen molar-refractivity contribution in [2.45, 2.75) is 5.03 Å². The maximum absolute atomic E-state index is 11.7. The number of H-pyrrole nitrogens is 1. The van der Waals surface area contributed by atoms with Crippen LogP contribution in [0.1, 0.15) is 0 Å². The fourth-order valence-corrected chi connectivity index (χ4v) is 1.99. The Morgan fingerprint density at radius 3 is 2.47 bits per heavy atom. The van der Waals surface area contributed by atoms with Crippen LogP contribution in [0.3, 0.4) is 0 Å². The monoisotopic (exact) mass is 224 g/mol. The molecule has 0 aliphatic heterocycles. The number of aromatic amines is 1. The van der Waals surface area contributed by atoms with E-state index < -0.39 is 10.0 Å². The van der Waals surface area contributed by atoms with Crippen molar-refractivity contribution in [2.75, 3.05) is 4.72 Å². The summed E-state index contributed by atoms with van der Waals surface area (Å²) in [7, 11) is -3.57. The molecule has 0 saturated carbocycles. The molecule has 2 N–H and O–H groups in total. The number of anilines is 1. The summed E-state index contributed by atoms with van der Waals surface area (Å²) in [5, 5.41) is 5.98. The second kappa shape index (κ2) is 3.70.